The molecule has 0 saturated heterocycles. The van der Waals surface area contributed by atoms with Gasteiger partial charge >= 0.3 is 0 Å². The van der Waals surface area contributed by atoms with E-state index < -0.39 is 0 Å². The van der Waals surface area contributed by atoms with Gasteiger partial charge in [-0.05, 0) is 29.5 Å². The molecule has 0 unspecified atom stereocenters. The quantitative estimate of drug-likeness (QED) is 0.710. The molecule has 102 valence electrons. The molecule has 0 saturated carbocycles. The van der Waals surface area contributed by atoms with Crippen molar-refractivity contribution in [1.82, 2.24) is 20.6 Å². The maximum atomic E-state index is 9.09. The van der Waals surface area contributed by atoms with Gasteiger partial charge in [0.05, 0.1) is 6.26 Å². The fraction of sp³-hybridized carbons (Fsp3) is 0. The van der Waals surface area contributed by atoms with E-state index in [9.17, 15) is 0 Å². The predicted molar refractivity (Wildman–Crippen MR) is 75.5 cm³/mol. The number of allylic oxidation sites excluding steroid dienone is 1. The summed E-state index contributed by atoms with van der Waals surface area (Å²) >= 11 is 0. The van der Waals surface area contributed by atoms with E-state index in [1.54, 1.807) is 6.26 Å². The van der Waals surface area contributed by atoms with Gasteiger partial charge in [0.1, 0.15) is 17.4 Å². The summed E-state index contributed by atoms with van der Waals surface area (Å²) in [4.78, 5) is 0. The van der Waals surface area contributed by atoms with Crippen LogP contribution in [0, 0.1) is 11.3 Å². The van der Waals surface area contributed by atoms with Gasteiger partial charge < -0.3 is 9.73 Å². The maximum Gasteiger partial charge on any atom is 0.216 e. The van der Waals surface area contributed by atoms with Crippen LogP contribution in [0.4, 0.5) is 5.69 Å². The van der Waals surface area contributed by atoms with Crippen LogP contribution in [0.5, 0.6) is 0 Å². The first-order valence-corrected chi connectivity index (χ1v) is 6.11. The molecule has 0 aliphatic rings. The lowest BCUT2D eigenvalue weighted by Gasteiger charge is -2.03. The Morgan fingerprint density at radius 1 is 1.33 bits per heavy atom. The number of nitrogens with zero attached hydrogens (tertiary/aromatic N) is 4. The Morgan fingerprint density at radius 3 is 3.00 bits per heavy atom. The summed E-state index contributed by atoms with van der Waals surface area (Å²) in [5.74, 6) is 1.02. The molecule has 21 heavy (non-hydrogen) atoms. The first-order valence-electron chi connectivity index (χ1n) is 6.11. The van der Waals surface area contributed by atoms with Crippen molar-refractivity contribution in [3.05, 3.63) is 54.7 Å². The Morgan fingerprint density at radius 2 is 2.29 bits per heavy atom. The van der Waals surface area contributed by atoms with E-state index >= 15 is 0 Å². The summed E-state index contributed by atoms with van der Waals surface area (Å²) in [6.45, 7) is 0. The van der Waals surface area contributed by atoms with Gasteiger partial charge in [-0.2, -0.15) is 10.5 Å². The van der Waals surface area contributed by atoms with E-state index in [0.717, 1.165) is 17.0 Å². The molecule has 0 aliphatic carbocycles. The Bertz CT molecular complexity index is 783. The molecule has 0 fully saturated rings. The number of aromatic amines is 1. The molecular weight excluding hydrogens is 268 g/mol. The van der Waals surface area contributed by atoms with Crippen molar-refractivity contribution in [2.45, 2.75) is 0 Å². The van der Waals surface area contributed by atoms with Crippen LogP contribution in [0.2, 0.25) is 0 Å². The van der Waals surface area contributed by atoms with Crippen LogP contribution < -0.4 is 5.32 Å². The molecule has 0 aliphatic heterocycles. The van der Waals surface area contributed by atoms with Crippen LogP contribution in [-0.4, -0.2) is 20.6 Å². The SMILES string of the molecule is N#CC(=CNc1cccc(-c2ccco2)c1)c1nn[nH]n1. The lowest BCUT2D eigenvalue weighted by atomic mass is 10.1. The van der Waals surface area contributed by atoms with Crippen LogP contribution in [0.25, 0.3) is 16.9 Å². The highest BCUT2D eigenvalue weighted by atomic mass is 16.3. The summed E-state index contributed by atoms with van der Waals surface area (Å²) < 4.78 is 5.35. The van der Waals surface area contributed by atoms with Crippen molar-refractivity contribution in [2.24, 2.45) is 0 Å². The molecule has 1 aromatic carbocycles. The van der Waals surface area contributed by atoms with Gasteiger partial charge in [0.25, 0.3) is 0 Å². The topological polar surface area (TPSA) is 103 Å². The highest BCUT2D eigenvalue weighted by Crippen LogP contribution is 2.23. The zero-order valence-electron chi connectivity index (χ0n) is 10.8. The Kier molecular flexibility index (Phi) is 3.43. The molecule has 2 heterocycles. The predicted octanol–water partition coefficient (Wildman–Crippen LogP) is 2.44. The molecule has 3 rings (SSSR count). The first kappa shape index (κ1) is 12.6. The molecule has 3 aromatic rings. The number of hydrogen-bond donors (Lipinski definition) is 2. The summed E-state index contributed by atoms with van der Waals surface area (Å²) in [5.41, 5.74) is 2.05. The van der Waals surface area contributed by atoms with Crippen LogP contribution in [0.15, 0.2) is 53.3 Å². The molecular formula is C14H10N6O. The molecule has 0 atom stereocenters. The van der Waals surface area contributed by atoms with Crippen LogP contribution in [0.1, 0.15) is 5.82 Å². The summed E-state index contributed by atoms with van der Waals surface area (Å²) in [5, 5.41) is 25.4. The van der Waals surface area contributed by atoms with Crippen molar-refractivity contribution in [3.8, 4) is 17.4 Å². The van der Waals surface area contributed by atoms with Crippen LogP contribution in [-0.2, 0) is 0 Å². The number of nitriles is 1. The third-order valence-corrected chi connectivity index (χ3v) is 2.76. The number of anilines is 1. The molecule has 0 spiro atoms. The maximum absolute atomic E-state index is 9.09. The summed E-state index contributed by atoms with van der Waals surface area (Å²) in [7, 11) is 0. The number of rotatable bonds is 4. The van der Waals surface area contributed by atoms with Gasteiger partial charge in [-0.25, -0.2) is 0 Å². The van der Waals surface area contributed by atoms with Crippen molar-refractivity contribution in [1.29, 1.82) is 5.26 Å². The smallest absolute Gasteiger partial charge is 0.216 e. The lowest BCUT2D eigenvalue weighted by molar-refractivity contribution is 0.582. The third-order valence-electron chi connectivity index (χ3n) is 2.76. The fourth-order valence-corrected chi connectivity index (χ4v) is 1.78. The van der Waals surface area contributed by atoms with Crippen molar-refractivity contribution < 1.29 is 4.42 Å². The number of hydrogen-bond acceptors (Lipinski definition) is 6. The van der Waals surface area contributed by atoms with E-state index in [2.05, 4.69) is 25.9 Å². The highest BCUT2D eigenvalue weighted by molar-refractivity contribution is 5.74. The molecule has 0 amide bonds. The van der Waals surface area contributed by atoms with E-state index in [1.165, 1.54) is 6.20 Å². The summed E-state index contributed by atoms with van der Waals surface area (Å²) in [6, 6.07) is 13.4. The fourth-order valence-electron chi connectivity index (χ4n) is 1.78. The van der Waals surface area contributed by atoms with Crippen LogP contribution in [0.3, 0.4) is 0 Å². The van der Waals surface area contributed by atoms with Crippen molar-refractivity contribution >= 4 is 11.3 Å². The Labute approximate surface area is 119 Å². The van der Waals surface area contributed by atoms with E-state index in [1.807, 2.05) is 42.5 Å². The van der Waals surface area contributed by atoms with Gasteiger partial charge in [-0.1, -0.05) is 12.1 Å². The third kappa shape index (κ3) is 2.79. The highest BCUT2D eigenvalue weighted by Gasteiger charge is 2.06. The van der Waals surface area contributed by atoms with Crippen molar-refractivity contribution in [2.75, 3.05) is 5.32 Å². The number of furan rings is 1. The van der Waals surface area contributed by atoms with Gasteiger partial charge in [-0.3, -0.25) is 0 Å². The number of benzene rings is 1. The minimum atomic E-state index is 0.243. The van der Waals surface area contributed by atoms with Crippen molar-refractivity contribution in [3.63, 3.8) is 0 Å². The number of nitrogens with one attached hydrogen (secondary N) is 2. The second-order valence-corrected chi connectivity index (χ2v) is 4.11. The Balaban J connectivity index is 1.82. The first-order chi connectivity index (χ1) is 10.4. The van der Waals surface area contributed by atoms with Gasteiger partial charge in [0.2, 0.25) is 5.82 Å². The Hall–Kier alpha value is -3.40. The number of H-pyrrole nitrogens is 1. The molecule has 2 aromatic heterocycles. The molecule has 7 nitrogen and oxygen atoms in total. The number of aromatic nitrogens is 4. The normalized spacial score (nSPS) is 11.1. The average molecular weight is 278 g/mol. The summed E-state index contributed by atoms with van der Waals surface area (Å²) in [6.07, 6.45) is 3.16. The average Bonchev–Trinajstić information content (AvgIpc) is 3.22. The zero-order valence-corrected chi connectivity index (χ0v) is 10.8. The van der Waals surface area contributed by atoms with Crippen LogP contribution >= 0.6 is 0 Å². The molecule has 2 N–H and O–H groups in total. The minimum Gasteiger partial charge on any atom is -0.464 e. The molecule has 0 bridgehead atoms. The van der Waals surface area contributed by atoms with E-state index in [4.69, 9.17) is 9.68 Å². The largest absolute Gasteiger partial charge is 0.464 e. The van der Waals surface area contributed by atoms with E-state index in [0.29, 0.717) is 0 Å². The standard InChI is InChI=1S/C14H10N6O/c15-8-11(14-17-19-20-18-14)9-16-12-4-1-3-10(7-12)13-5-2-6-21-13/h1-7,9,16H,(H,17,18,19,20). The zero-order chi connectivity index (χ0) is 14.5. The lowest BCUT2D eigenvalue weighted by Crippen LogP contribution is -1.93. The number of tetrazole rings is 1. The second kappa shape index (κ2) is 5.71. The second-order valence-electron chi connectivity index (χ2n) is 4.11. The molecule has 0 radical (unpaired) electrons. The molecule has 7 heteroatoms. The monoisotopic (exact) mass is 278 g/mol. The van der Waals surface area contributed by atoms with Gasteiger partial charge in [0.15, 0.2) is 0 Å². The minimum absolute atomic E-state index is 0.243. The van der Waals surface area contributed by atoms with Gasteiger partial charge in [0, 0.05) is 17.5 Å². The van der Waals surface area contributed by atoms with Gasteiger partial charge in [-0.15, -0.1) is 10.2 Å². The van der Waals surface area contributed by atoms with E-state index in [-0.39, 0.29) is 11.4 Å².